The molecule has 3 amide bonds. The van der Waals surface area contributed by atoms with Crippen molar-refractivity contribution in [2.45, 2.75) is 26.7 Å². The fraction of sp³-hybridized carbons (Fsp3) is 0.500. The lowest BCUT2D eigenvalue weighted by Crippen LogP contribution is -2.42. The van der Waals surface area contributed by atoms with Crippen LogP contribution in [0.3, 0.4) is 0 Å². The highest BCUT2D eigenvalue weighted by molar-refractivity contribution is 7.09. The van der Waals surface area contributed by atoms with Crippen LogP contribution in [-0.2, 0) is 16.0 Å². The Labute approximate surface area is 120 Å². The predicted octanol–water partition coefficient (Wildman–Crippen LogP) is 1.01. The summed E-state index contributed by atoms with van der Waals surface area (Å²) in [5.74, 6) is -1.71. The lowest BCUT2D eigenvalue weighted by atomic mass is 9.89. The molecule has 0 fully saturated rings. The van der Waals surface area contributed by atoms with E-state index in [2.05, 4.69) is 15.6 Å². The predicted molar refractivity (Wildman–Crippen MR) is 73.4 cm³/mol. The smallest absolute Gasteiger partial charge is 0.321 e. The van der Waals surface area contributed by atoms with Crippen molar-refractivity contribution in [3.05, 3.63) is 16.6 Å². The fourth-order valence-electron chi connectivity index (χ4n) is 1.35. The zero-order valence-corrected chi connectivity index (χ0v) is 12.1. The summed E-state index contributed by atoms with van der Waals surface area (Å²) in [5, 5.41) is 16.2. The minimum absolute atomic E-state index is 0.262. The first-order valence-electron chi connectivity index (χ1n) is 6.01. The molecule has 0 aliphatic carbocycles. The van der Waals surface area contributed by atoms with Crippen molar-refractivity contribution in [1.82, 2.24) is 15.6 Å². The van der Waals surface area contributed by atoms with Crippen LogP contribution in [0.4, 0.5) is 4.79 Å². The Morgan fingerprint density at radius 3 is 2.65 bits per heavy atom. The number of carboxylic acid groups (broad SMARTS) is 1. The number of urea groups is 1. The van der Waals surface area contributed by atoms with E-state index in [1.807, 2.05) is 5.38 Å². The summed E-state index contributed by atoms with van der Waals surface area (Å²) in [7, 11) is 0. The highest BCUT2D eigenvalue weighted by Gasteiger charge is 2.30. The van der Waals surface area contributed by atoms with Gasteiger partial charge in [-0.05, 0) is 13.8 Å². The van der Waals surface area contributed by atoms with Crippen molar-refractivity contribution in [1.29, 1.82) is 0 Å². The van der Waals surface area contributed by atoms with Crippen molar-refractivity contribution < 1.29 is 19.5 Å². The molecular weight excluding hydrogens is 282 g/mol. The van der Waals surface area contributed by atoms with Crippen LogP contribution in [0.2, 0.25) is 0 Å². The summed E-state index contributed by atoms with van der Waals surface area (Å²) in [6.45, 7) is 3.21. The van der Waals surface area contributed by atoms with Gasteiger partial charge in [-0.15, -0.1) is 11.3 Å². The Morgan fingerprint density at radius 1 is 1.40 bits per heavy atom. The number of carboxylic acids is 1. The fourth-order valence-corrected chi connectivity index (χ4v) is 1.97. The molecule has 110 valence electrons. The Morgan fingerprint density at radius 2 is 2.10 bits per heavy atom. The number of amides is 3. The van der Waals surface area contributed by atoms with Gasteiger partial charge in [-0.2, -0.15) is 0 Å². The monoisotopic (exact) mass is 299 g/mol. The quantitative estimate of drug-likeness (QED) is 0.726. The molecule has 0 aliphatic heterocycles. The minimum Gasteiger partial charge on any atom is -0.481 e. The average Bonchev–Trinajstić information content (AvgIpc) is 2.80. The summed E-state index contributed by atoms with van der Waals surface area (Å²) in [5.41, 5.74) is -1.20. The molecule has 0 aliphatic rings. The van der Waals surface area contributed by atoms with Gasteiger partial charge in [0.15, 0.2) is 0 Å². The second kappa shape index (κ2) is 6.99. The molecule has 0 radical (unpaired) electrons. The third kappa shape index (κ3) is 5.35. The Hall–Kier alpha value is -1.96. The van der Waals surface area contributed by atoms with E-state index in [0.29, 0.717) is 13.0 Å². The first kappa shape index (κ1) is 16.1. The number of rotatable bonds is 6. The van der Waals surface area contributed by atoms with E-state index >= 15 is 0 Å². The first-order valence-corrected chi connectivity index (χ1v) is 6.88. The van der Waals surface area contributed by atoms with Crippen LogP contribution < -0.4 is 10.6 Å². The second-order valence-corrected chi connectivity index (χ2v) is 5.82. The van der Waals surface area contributed by atoms with Crippen LogP contribution in [0.15, 0.2) is 11.6 Å². The van der Waals surface area contributed by atoms with E-state index in [9.17, 15) is 14.4 Å². The molecule has 1 heterocycles. The third-order valence-corrected chi connectivity index (χ3v) is 3.38. The lowest BCUT2D eigenvalue weighted by Gasteiger charge is -2.17. The van der Waals surface area contributed by atoms with Crippen molar-refractivity contribution >= 4 is 29.2 Å². The molecule has 3 N–H and O–H groups in total. The molecule has 20 heavy (non-hydrogen) atoms. The molecule has 7 nitrogen and oxygen atoms in total. The second-order valence-electron chi connectivity index (χ2n) is 4.85. The molecule has 0 atom stereocenters. The van der Waals surface area contributed by atoms with E-state index in [0.717, 1.165) is 5.01 Å². The van der Waals surface area contributed by atoms with E-state index in [1.54, 1.807) is 6.20 Å². The molecule has 1 aromatic heterocycles. The van der Waals surface area contributed by atoms with E-state index in [4.69, 9.17) is 5.11 Å². The van der Waals surface area contributed by atoms with Gasteiger partial charge in [0.25, 0.3) is 0 Å². The number of aromatic nitrogens is 1. The van der Waals surface area contributed by atoms with Crippen molar-refractivity contribution in [2.75, 3.05) is 6.54 Å². The zero-order chi connectivity index (χ0) is 15.2. The van der Waals surface area contributed by atoms with Crippen molar-refractivity contribution in [2.24, 2.45) is 5.41 Å². The van der Waals surface area contributed by atoms with Gasteiger partial charge in [0.05, 0.1) is 10.4 Å². The first-order chi connectivity index (χ1) is 9.31. The number of nitrogens with zero attached hydrogens (tertiary/aromatic N) is 1. The maximum absolute atomic E-state index is 11.5. The Bertz CT molecular complexity index is 485. The number of imide groups is 1. The summed E-state index contributed by atoms with van der Waals surface area (Å²) in [4.78, 5) is 37.9. The number of carbonyl (C=O) groups excluding carboxylic acids is 2. The number of hydrogen-bond acceptors (Lipinski definition) is 5. The van der Waals surface area contributed by atoms with Gasteiger partial charge in [-0.3, -0.25) is 14.9 Å². The molecule has 0 unspecified atom stereocenters. The van der Waals surface area contributed by atoms with Crippen molar-refractivity contribution in [3.8, 4) is 0 Å². The molecule has 1 rings (SSSR count). The number of aliphatic carboxylic acids is 1. The van der Waals surface area contributed by atoms with Crippen LogP contribution in [0, 0.1) is 5.41 Å². The van der Waals surface area contributed by atoms with Crippen LogP contribution in [0.1, 0.15) is 25.3 Å². The van der Waals surface area contributed by atoms with E-state index in [1.165, 1.54) is 25.2 Å². The summed E-state index contributed by atoms with van der Waals surface area (Å²) >= 11 is 1.48. The highest BCUT2D eigenvalue weighted by atomic mass is 32.1. The molecule has 8 heteroatoms. The van der Waals surface area contributed by atoms with Crippen LogP contribution in [0.5, 0.6) is 0 Å². The van der Waals surface area contributed by atoms with Gasteiger partial charge in [0.2, 0.25) is 5.91 Å². The maximum Gasteiger partial charge on any atom is 0.321 e. The van der Waals surface area contributed by atoms with Gasteiger partial charge in [0.1, 0.15) is 0 Å². The molecular formula is C12H17N3O4S. The third-order valence-electron chi connectivity index (χ3n) is 2.54. The molecule has 0 saturated heterocycles. The molecule has 0 saturated carbocycles. The summed E-state index contributed by atoms with van der Waals surface area (Å²) in [6, 6.07) is -0.632. The largest absolute Gasteiger partial charge is 0.481 e. The number of hydrogen-bond donors (Lipinski definition) is 3. The molecule has 0 spiro atoms. The topological polar surface area (TPSA) is 108 Å². The van der Waals surface area contributed by atoms with Crippen LogP contribution in [0.25, 0.3) is 0 Å². The van der Waals surface area contributed by atoms with Crippen molar-refractivity contribution in [3.63, 3.8) is 0 Å². The Kier molecular flexibility index (Phi) is 5.63. The SMILES string of the molecule is CC(C)(CC(=O)NC(=O)NCCc1nccs1)C(=O)O. The van der Waals surface area contributed by atoms with Gasteiger partial charge < -0.3 is 10.4 Å². The standard InChI is InChI=1S/C12H17N3O4S/c1-12(2,10(17)18)7-8(16)15-11(19)14-4-3-9-13-5-6-20-9/h5-6H,3-4,7H2,1-2H3,(H,17,18)(H2,14,15,16,19). The van der Waals surface area contributed by atoms with Gasteiger partial charge in [-0.1, -0.05) is 0 Å². The van der Waals surface area contributed by atoms with Crippen LogP contribution in [-0.4, -0.2) is 34.5 Å². The average molecular weight is 299 g/mol. The molecule has 0 aromatic carbocycles. The normalized spacial score (nSPS) is 10.9. The number of nitrogens with one attached hydrogen (secondary N) is 2. The minimum atomic E-state index is -1.20. The van der Waals surface area contributed by atoms with Gasteiger partial charge >= 0.3 is 12.0 Å². The summed E-state index contributed by atoms with van der Waals surface area (Å²) in [6.07, 6.45) is 2.00. The zero-order valence-electron chi connectivity index (χ0n) is 11.3. The van der Waals surface area contributed by atoms with Crippen LogP contribution >= 0.6 is 11.3 Å². The molecule has 0 bridgehead atoms. The maximum atomic E-state index is 11.5. The highest BCUT2D eigenvalue weighted by Crippen LogP contribution is 2.19. The van der Waals surface area contributed by atoms with E-state index in [-0.39, 0.29) is 6.42 Å². The molecule has 1 aromatic rings. The number of thiazole rings is 1. The van der Waals surface area contributed by atoms with Gasteiger partial charge in [-0.25, -0.2) is 9.78 Å². The van der Waals surface area contributed by atoms with E-state index < -0.39 is 23.3 Å². The lowest BCUT2D eigenvalue weighted by molar-refractivity contribution is -0.149. The Balaban J connectivity index is 2.28. The number of carbonyl (C=O) groups is 3. The summed E-state index contributed by atoms with van der Waals surface area (Å²) < 4.78 is 0. The van der Waals surface area contributed by atoms with Gasteiger partial charge in [0, 0.05) is 31.0 Å².